The third-order valence-corrected chi connectivity index (χ3v) is 7.50. The van der Waals surface area contributed by atoms with Gasteiger partial charge in [-0.1, -0.05) is 28.9 Å². The number of nitrogens with zero attached hydrogens (tertiary/aromatic N) is 1. The molecular weight excluding hydrogens is 350 g/mol. The van der Waals surface area contributed by atoms with Crippen molar-refractivity contribution in [1.82, 2.24) is 4.31 Å². The lowest BCUT2D eigenvalue weighted by Gasteiger charge is -2.32. The van der Waals surface area contributed by atoms with Gasteiger partial charge in [0.25, 0.3) is 0 Å². The van der Waals surface area contributed by atoms with E-state index in [1.165, 1.54) is 11.1 Å². The number of sulfonamides is 1. The second-order valence-corrected chi connectivity index (χ2v) is 9.59. The molecule has 0 amide bonds. The van der Waals surface area contributed by atoms with E-state index in [0.717, 1.165) is 32.1 Å². The summed E-state index contributed by atoms with van der Waals surface area (Å²) in [5.41, 5.74) is 2.54. The van der Waals surface area contributed by atoms with E-state index in [-0.39, 0.29) is 0 Å². The van der Waals surface area contributed by atoms with E-state index in [1.54, 1.807) is 10.4 Å². The van der Waals surface area contributed by atoms with Gasteiger partial charge in [-0.3, -0.25) is 0 Å². The lowest BCUT2D eigenvalue weighted by molar-refractivity contribution is 0.275. The molecule has 0 saturated carbocycles. The minimum absolute atomic E-state index is 0.461. The van der Waals surface area contributed by atoms with E-state index in [4.69, 9.17) is 0 Å². The molecule has 1 saturated heterocycles. The summed E-state index contributed by atoms with van der Waals surface area (Å²) in [5.74, 6) is 0.580. The predicted octanol–water partition coefficient (Wildman–Crippen LogP) is 3.36. The Labute approximate surface area is 135 Å². The largest absolute Gasteiger partial charge is 0.243 e. The van der Waals surface area contributed by atoms with Crippen molar-refractivity contribution in [1.29, 1.82) is 0 Å². The molecule has 3 rings (SSSR count). The molecule has 2 aliphatic rings. The fraction of sp³-hybridized carbons (Fsp3) is 0.625. The Morgan fingerprint density at radius 2 is 1.86 bits per heavy atom. The summed E-state index contributed by atoms with van der Waals surface area (Å²) >= 11 is 3.62. The molecule has 1 atom stereocenters. The number of piperidine rings is 1. The summed E-state index contributed by atoms with van der Waals surface area (Å²) < 4.78 is 27.2. The first-order chi connectivity index (χ1) is 9.98. The number of alkyl halides is 1. The first-order valence-corrected chi connectivity index (χ1v) is 10.1. The molecule has 1 fully saturated rings. The van der Waals surface area contributed by atoms with Crippen LogP contribution in [-0.4, -0.2) is 30.6 Å². The van der Waals surface area contributed by atoms with E-state index >= 15 is 0 Å². The molecule has 0 aromatic heterocycles. The highest BCUT2D eigenvalue weighted by molar-refractivity contribution is 9.09. The van der Waals surface area contributed by atoms with Crippen LogP contribution in [0.2, 0.25) is 0 Å². The normalized spacial score (nSPS) is 22.2. The van der Waals surface area contributed by atoms with Crippen LogP contribution in [0, 0.1) is 5.92 Å². The van der Waals surface area contributed by atoms with Crippen LogP contribution in [0.5, 0.6) is 0 Å². The van der Waals surface area contributed by atoms with Crippen molar-refractivity contribution in [2.45, 2.75) is 48.8 Å². The zero-order valence-electron chi connectivity index (χ0n) is 12.4. The standard InChI is InChI=1S/C16H22BrNO2S/c1-12(17)13-7-9-18(10-8-13)21(19,20)16-6-5-14-3-2-4-15(14)11-16/h5-6,11-13H,2-4,7-10H2,1H3. The summed E-state index contributed by atoms with van der Waals surface area (Å²) in [6.07, 6.45) is 5.13. The highest BCUT2D eigenvalue weighted by Gasteiger charge is 2.31. The van der Waals surface area contributed by atoms with E-state index in [0.29, 0.717) is 28.7 Å². The average Bonchev–Trinajstić information content (AvgIpc) is 2.94. The lowest BCUT2D eigenvalue weighted by Crippen LogP contribution is -2.39. The van der Waals surface area contributed by atoms with Gasteiger partial charge in [0.1, 0.15) is 0 Å². The van der Waals surface area contributed by atoms with Crippen molar-refractivity contribution >= 4 is 26.0 Å². The van der Waals surface area contributed by atoms with Crippen molar-refractivity contribution in [3.05, 3.63) is 29.3 Å². The van der Waals surface area contributed by atoms with Crippen LogP contribution >= 0.6 is 15.9 Å². The number of benzene rings is 1. The summed E-state index contributed by atoms with van der Waals surface area (Å²) in [4.78, 5) is 0.941. The fourth-order valence-electron chi connectivity index (χ4n) is 3.43. The highest BCUT2D eigenvalue weighted by atomic mass is 79.9. The molecule has 1 aliphatic carbocycles. The molecule has 1 aliphatic heterocycles. The van der Waals surface area contributed by atoms with Gasteiger partial charge < -0.3 is 0 Å². The zero-order chi connectivity index (χ0) is 15.0. The first kappa shape index (κ1) is 15.5. The summed E-state index contributed by atoms with van der Waals surface area (Å²) in [5, 5.41) is 0. The van der Waals surface area contributed by atoms with Crippen LogP contribution in [0.25, 0.3) is 0 Å². The maximum atomic E-state index is 12.8. The fourth-order valence-corrected chi connectivity index (χ4v) is 5.48. The van der Waals surface area contributed by atoms with Gasteiger partial charge in [-0.2, -0.15) is 4.31 Å². The number of fused-ring (bicyclic) bond motifs is 1. The monoisotopic (exact) mass is 371 g/mol. The Morgan fingerprint density at radius 3 is 2.52 bits per heavy atom. The van der Waals surface area contributed by atoms with E-state index in [1.807, 2.05) is 12.1 Å². The zero-order valence-corrected chi connectivity index (χ0v) is 14.8. The van der Waals surface area contributed by atoms with Crippen molar-refractivity contribution < 1.29 is 8.42 Å². The third kappa shape index (κ3) is 3.06. The van der Waals surface area contributed by atoms with Crippen LogP contribution in [0.15, 0.2) is 23.1 Å². The first-order valence-electron chi connectivity index (χ1n) is 7.74. The number of rotatable bonds is 3. The Balaban J connectivity index is 1.78. The third-order valence-electron chi connectivity index (χ3n) is 4.86. The van der Waals surface area contributed by atoms with Crippen LogP contribution in [0.1, 0.15) is 37.3 Å². The minimum Gasteiger partial charge on any atom is -0.207 e. The van der Waals surface area contributed by atoms with Gasteiger partial charge in [0.05, 0.1) is 4.90 Å². The molecule has 1 aromatic carbocycles. The molecule has 0 bridgehead atoms. The second kappa shape index (κ2) is 6.01. The van der Waals surface area contributed by atoms with Gasteiger partial charge in [-0.15, -0.1) is 0 Å². The molecule has 116 valence electrons. The van der Waals surface area contributed by atoms with Crippen LogP contribution in [0.3, 0.4) is 0 Å². The van der Waals surface area contributed by atoms with Crippen molar-refractivity contribution in [2.75, 3.05) is 13.1 Å². The summed E-state index contributed by atoms with van der Waals surface area (Å²) in [6.45, 7) is 3.43. The van der Waals surface area contributed by atoms with Gasteiger partial charge in [0.2, 0.25) is 10.0 Å². The highest BCUT2D eigenvalue weighted by Crippen LogP contribution is 2.30. The van der Waals surface area contributed by atoms with Gasteiger partial charge in [-0.05, 0) is 61.3 Å². The van der Waals surface area contributed by atoms with Gasteiger partial charge in [0, 0.05) is 17.9 Å². The molecule has 0 N–H and O–H groups in total. The van der Waals surface area contributed by atoms with E-state index in [2.05, 4.69) is 22.9 Å². The topological polar surface area (TPSA) is 37.4 Å². The maximum absolute atomic E-state index is 12.8. The molecule has 21 heavy (non-hydrogen) atoms. The second-order valence-electron chi connectivity index (χ2n) is 6.20. The Morgan fingerprint density at radius 1 is 1.19 bits per heavy atom. The maximum Gasteiger partial charge on any atom is 0.243 e. The SMILES string of the molecule is CC(Br)C1CCN(S(=O)(=O)c2ccc3c(c2)CCC3)CC1. The molecule has 1 heterocycles. The van der Waals surface area contributed by atoms with Crippen molar-refractivity contribution in [3.63, 3.8) is 0 Å². The van der Waals surface area contributed by atoms with Gasteiger partial charge in [-0.25, -0.2) is 8.42 Å². The van der Waals surface area contributed by atoms with Crippen molar-refractivity contribution in [3.8, 4) is 0 Å². The minimum atomic E-state index is -3.31. The van der Waals surface area contributed by atoms with Gasteiger partial charge >= 0.3 is 0 Å². The number of hydrogen-bond donors (Lipinski definition) is 0. The number of aryl methyl sites for hydroxylation is 2. The molecule has 0 spiro atoms. The van der Waals surface area contributed by atoms with Crippen LogP contribution in [-0.2, 0) is 22.9 Å². The Hall–Kier alpha value is -0.390. The molecule has 1 aromatic rings. The Kier molecular flexibility index (Phi) is 4.44. The summed E-state index contributed by atoms with van der Waals surface area (Å²) in [7, 11) is -3.31. The lowest BCUT2D eigenvalue weighted by atomic mass is 9.96. The molecule has 3 nitrogen and oxygen atoms in total. The smallest absolute Gasteiger partial charge is 0.207 e. The van der Waals surface area contributed by atoms with E-state index in [9.17, 15) is 8.42 Å². The van der Waals surface area contributed by atoms with Crippen molar-refractivity contribution in [2.24, 2.45) is 5.92 Å². The molecule has 0 radical (unpaired) electrons. The summed E-state index contributed by atoms with van der Waals surface area (Å²) in [6, 6.07) is 5.69. The van der Waals surface area contributed by atoms with Gasteiger partial charge in [0.15, 0.2) is 0 Å². The molecule has 5 heteroatoms. The predicted molar refractivity (Wildman–Crippen MR) is 88.3 cm³/mol. The van der Waals surface area contributed by atoms with Crippen LogP contribution in [0.4, 0.5) is 0 Å². The number of halogens is 1. The molecular formula is C16H22BrNO2S. The molecule has 1 unspecified atom stereocenters. The average molecular weight is 372 g/mol. The number of hydrogen-bond acceptors (Lipinski definition) is 2. The Bertz CT molecular complexity index is 619. The quantitative estimate of drug-likeness (QED) is 0.763. The van der Waals surface area contributed by atoms with E-state index < -0.39 is 10.0 Å². The van der Waals surface area contributed by atoms with Crippen LogP contribution < -0.4 is 0 Å².